The van der Waals surface area contributed by atoms with Crippen LogP contribution in [0, 0.1) is 0 Å². The fourth-order valence-electron chi connectivity index (χ4n) is 1.97. The van der Waals surface area contributed by atoms with Crippen LogP contribution in [-0.2, 0) is 11.3 Å². The van der Waals surface area contributed by atoms with Gasteiger partial charge in [0.25, 0.3) is 0 Å². The van der Waals surface area contributed by atoms with Crippen LogP contribution in [0.4, 0.5) is 0 Å². The maximum Gasteiger partial charge on any atom is 0.374 e. The molecular weight excluding hydrogens is 242 g/mol. The van der Waals surface area contributed by atoms with Crippen molar-refractivity contribution < 1.29 is 13.9 Å². The first-order valence-corrected chi connectivity index (χ1v) is 7.08. The Bertz CT molecular complexity index is 378. The van der Waals surface area contributed by atoms with Gasteiger partial charge in [0, 0.05) is 0 Å². The first kappa shape index (κ1) is 15.8. The van der Waals surface area contributed by atoms with Gasteiger partial charge in [-0.25, -0.2) is 4.79 Å². The molecule has 0 radical (unpaired) electrons. The van der Waals surface area contributed by atoms with Crippen molar-refractivity contribution in [1.82, 2.24) is 4.90 Å². The summed E-state index contributed by atoms with van der Waals surface area (Å²) in [5, 5.41) is 0. The molecule has 1 rings (SSSR count). The second-order valence-electron chi connectivity index (χ2n) is 5.00. The van der Waals surface area contributed by atoms with Gasteiger partial charge in [-0.15, -0.1) is 0 Å². The van der Waals surface area contributed by atoms with E-state index in [-0.39, 0.29) is 11.9 Å². The third kappa shape index (κ3) is 5.47. The van der Waals surface area contributed by atoms with E-state index in [0.29, 0.717) is 0 Å². The number of carbonyl (C=O) groups is 1. The van der Waals surface area contributed by atoms with E-state index in [9.17, 15) is 4.79 Å². The Labute approximate surface area is 115 Å². The molecule has 0 aromatic carbocycles. The molecule has 0 amide bonds. The van der Waals surface area contributed by atoms with Crippen LogP contribution in [0.2, 0.25) is 0 Å². The average molecular weight is 267 g/mol. The zero-order valence-corrected chi connectivity index (χ0v) is 12.4. The van der Waals surface area contributed by atoms with Crippen LogP contribution in [0.3, 0.4) is 0 Å². The lowest BCUT2D eigenvalue weighted by molar-refractivity contribution is 0.0338. The van der Waals surface area contributed by atoms with Crippen LogP contribution in [0.15, 0.2) is 16.5 Å². The summed E-state index contributed by atoms with van der Waals surface area (Å²) in [6.45, 7) is 10.8. The normalized spacial score (nSPS) is 11.3. The summed E-state index contributed by atoms with van der Waals surface area (Å²) in [5.74, 6) is 0.716. The van der Waals surface area contributed by atoms with E-state index in [1.54, 1.807) is 6.07 Å². The molecule has 0 saturated carbocycles. The van der Waals surface area contributed by atoms with Crippen LogP contribution in [-0.4, -0.2) is 30.1 Å². The molecule has 108 valence electrons. The molecule has 0 N–H and O–H groups in total. The number of furan rings is 1. The highest BCUT2D eigenvalue weighted by molar-refractivity contribution is 5.86. The summed E-state index contributed by atoms with van der Waals surface area (Å²) in [7, 11) is 0. The van der Waals surface area contributed by atoms with Crippen molar-refractivity contribution in [1.29, 1.82) is 0 Å². The number of esters is 1. The molecule has 0 spiro atoms. The minimum absolute atomic E-state index is 0.127. The third-order valence-electron chi connectivity index (χ3n) is 2.66. The SMILES string of the molecule is CCCN(CCC)Cc1ccc(C(=O)OC(C)C)o1. The maximum atomic E-state index is 11.7. The van der Waals surface area contributed by atoms with Gasteiger partial charge in [-0.05, 0) is 51.9 Å². The van der Waals surface area contributed by atoms with E-state index in [1.165, 1.54) is 0 Å². The van der Waals surface area contributed by atoms with E-state index in [1.807, 2.05) is 19.9 Å². The van der Waals surface area contributed by atoms with Gasteiger partial charge in [0.1, 0.15) is 5.76 Å². The molecule has 0 bridgehead atoms. The van der Waals surface area contributed by atoms with E-state index in [4.69, 9.17) is 9.15 Å². The van der Waals surface area contributed by atoms with Crippen molar-refractivity contribution in [2.24, 2.45) is 0 Å². The average Bonchev–Trinajstić information content (AvgIpc) is 2.77. The summed E-state index contributed by atoms with van der Waals surface area (Å²) in [4.78, 5) is 14.0. The van der Waals surface area contributed by atoms with Crippen molar-refractivity contribution in [3.05, 3.63) is 23.7 Å². The molecule has 19 heavy (non-hydrogen) atoms. The molecule has 4 heteroatoms. The van der Waals surface area contributed by atoms with Crippen LogP contribution >= 0.6 is 0 Å². The molecule has 0 aliphatic heterocycles. The fraction of sp³-hybridized carbons (Fsp3) is 0.667. The Morgan fingerprint density at radius 1 is 1.26 bits per heavy atom. The largest absolute Gasteiger partial charge is 0.457 e. The van der Waals surface area contributed by atoms with Crippen molar-refractivity contribution in [2.75, 3.05) is 13.1 Å². The number of rotatable bonds is 8. The van der Waals surface area contributed by atoms with Crippen molar-refractivity contribution in [3.63, 3.8) is 0 Å². The van der Waals surface area contributed by atoms with Gasteiger partial charge < -0.3 is 9.15 Å². The monoisotopic (exact) mass is 267 g/mol. The zero-order chi connectivity index (χ0) is 14.3. The smallest absolute Gasteiger partial charge is 0.374 e. The molecule has 4 nitrogen and oxygen atoms in total. The zero-order valence-electron chi connectivity index (χ0n) is 12.4. The molecule has 1 aromatic heterocycles. The maximum absolute atomic E-state index is 11.7. The minimum Gasteiger partial charge on any atom is -0.457 e. The number of carbonyl (C=O) groups excluding carboxylic acids is 1. The van der Waals surface area contributed by atoms with Crippen LogP contribution < -0.4 is 0 Å². The second-order valence-corrected chi connectivity index (χ2v) is 5.00. The summed E-state index contributed by atoms with van der Waals surface area (Å²) in [5.41, 5.74) is 0. The molecule has 0 atom stereocenters. The quantitative estimate of drug-likeness (QED) is 0.676. The van der Waals surface area contributed by atoms with Crippen molar-refractivity contribution in [2.45, 2.75) is 53.2 Å². The fourth-order valence-corrected chi connectivity index (χ4v) is 1.97. The topological polar surface area (TPSA) is 42.7 Å². The molecule has 0 saturated heterocycles. The highest BCUT2D eigenvalue weighted by atomic mass is 16.6. The number of ether oxygens (including phenoxy) is 1. The summed E-state index contributed by atoms with van der Waals surface area (Å²) < 4.78 is 10.7. The minimum atomic E-state index is -0.390. The van der Waals surface area contributed by atoms with E-state index < -0.39 is 5.97 Å². The van der Waals surface area contributed by atoms with E-state index in [0.717, 1.165) is 38.2 Å². The first-order valence-electron chi connectivity index (χ1n) is 7.08. The van der Waals surface area contributed by atoms with E-state index >= 15 is 0 Å². The summed E-state index contributed by atoms with van der Waals surface area (Å²) in [6.07, 6.45) is 2.10. The summed E-state index contributed by atoms with van der Waals surface area (Å²) >= 11 is 0. The Morgan fingerprint density at radius 3 is 2.42 bits per heavy atom. The highest BCUT2D eigenvalue weighted by Crippen LogP contribution is 2.13. The van der Waals surface area contributed by atoms with Gasteiger partial charge in [0.2, 0.25) is 5.76 Å². The third-order valence-corrected chi connectivity index (χ3v) is 2.66. The van der Waals surface area contributed by atoms with Gasteiger partial charge in [-0.1, -0.05) is 13.8 Å². The van der Waals surface area contributed by atoms with Gasteiger partial charge in [0.15, 0.2) is 0 Å². The van der Waals surface area contributed by atoms with Gasteiger partial charge >= 0.3 is 5.97 Å². The molecule has 0 fully saturated rings. The van der Waals surface area contributed by atoms with E-state index in [2.05, 4.69) is 18.7 Å². The van der Waals surface area contributed by atoms with Gasteiger partial charge in [0.05, 0.1) is 12.6 Å². The molecular formula is C15H25NO3. The van der Waals surface area contributed by atoms with Crippen LogP contribution in [0.25, 0.3) is 0 Å². The standard InChI is InChI=1S/C15H25NO3/c1-5-9-16(10-6-2)11-13-7-8-14(19-13)15(17)18-12(3)4/h7-8,12H,5-6,9-11H2,1-4H3. The lowest BCUT2D eigenvalue weighted by atomic mass is 10.3. The second kappa shape index (κ2) is 8.00. The molecule has 0 aliphatic carbocycles. The number of hydrogen-bond acceptors (Lipinski definition) is 4. The van der Waals surface area contributed by atoms with Crippen LogP contribution in [0.5, 0.6) is 0 Å². The number of nitrogens with zero attached hydrogens (tertiary/aromatic N) is 1. The Hall–Kier alpha value is -1.29. The Morgan fingerprint density at radius 2 is 1.89 bits per heavy atom. The molecule has 0 aliphatic rings. The van der Waals surface area contributed by atoms with Crippen molar-refractivity contribution in [3.8, 4) is 0 Å². The van der Waals surface area contributed by atoms with Gasteiger partial charge in [-0.3, -0.25) is 4.90 Å². The molecule has 1 aromatic rings. The molecule has 0 unspecified atom stereocenters. The predicted octanol–water partition coefficient (Wildman–Crippen LogP) is 3.47. The Kier molecular flexibility index (Phi) is 6.64. The highest BCUT2D eigenvalue weighted by Gasteiger charge is 2.15. The summed E-state index contributed by atoms with van der Waals surface area (Å²) in [6, 6.07) is 3.55. The first-order chi connectivity index (χ1) is 9.06. The Balaban J connectivity index is 2.60. The predicted molar refractivity (Wildman–Crippen MR) is 75.1 cm³/mol. The lowest BCUT2D eigenvalue weighted by Crippen LogP contribution is -2.24. The van der Waals surface area contributed by atoms with Crippen LogP contribution in [0.1, 0.15) is 56.9 Å². The lowest BCUT2D eigenvalue weighted by Gasteiger charge is -2.19. The van der Waals surface area contributed by atoms with Gasteiger partial charge in [-0.2, -0.15) is 0 Å². The number of hydrogen-bond donors (Lipinski definition) is 0. The molecule has 1 heterocycles. The van der Waals surface area contributed by atoms with Crippen molar-refractivity contribution >= 4 is 5.97 Å².